The Morgan fingerprint density at radius 2 is 1.77 bits per heavy atom. The van der Waals surface area contributed by atoms with Crippen LogP contribution in [0.1, 0.15) is 91.4 Å². The minimum absolute atomic E-state index is 0.0894. The number of ether oxygens (including phenoxy) is 4. The van der Waals surface area contributed by atoms with Gasteiger partial charge < -0.3 is 18.9 Å². The van der Waals surface area contributed by atoms with Crippen molar-refractivity contribution in [3.63, 3.8) is 0 Å². The van der Waals surface area contributed by atoms with Gasteiger partial charge in [0.05, 0.1) is 20.3 Å². The van der Waals surface area contributed by atoms with Crippen molar-refractivity contribution in [1.82, 2.24) is 0 Å². The number of hydrogen-bond acceptors (Lipinski definition) is 8. The Kier molecular flexibility index (Phi) is 13.4. The van der Waals surface area contributed by atoms with Gasteiger partial charge in [0, 0.05) is 44.3 Å². The molecule has 0 aromatic rings. The molecule has 1 aliphatic carbocycles. The highest BCUT2D eigenvalue weighted by Gasteiger charge is 2.46. The average molecular weight is 513 g/mol. The van der Waals surface area contributed by atoms with Gasteiger partial charge in [-0.25, -0.2) is 0 Å². The maximum atomic E-state index is 12.0. The molecule has 2 rings (SSSR count). The van der Waals surface area contributed by atoms with Crippen molar-refractivity contribution in [3.8, 4) is 0 Å². The van der Waals surface area contributed by atoms with Crippen LogP contribution in [-0.2, 0) is 33.3 Å². The molecule has 0 radical (unpaired) electrons. The minimum atomic E-state index is -0.533. The van der Waals surface area contributed by atoms with E-state index >= 15 is 0 Å². The van der Waals surface area contributed by atoms with Gasteiger partial charge in [0.1, 0.15) is 6.10 Å². The number of allylic oxidation sites excluding steroid dienone is 2. The summed E-state index contributed by atoms with van der Waals surface area (Å²) in [5, 5.41) is 0.190. The first-order chi connectivity index (χ1) is 16.8. The molecule has 35 heavy (non-hydrogen) atoms. The molecule has 0 amide bonds. The van der Waals surface area contributed by atoms with Crippen LogP contribution in [0.25, 0.3) is 0 Å². The summed E-state index contributed by atoms with van der Waals surface area (Å²) < 4.78 is 22.7. The maximum absolute atomic E-state index is 12.0. The highest BCUT2D eigenvalue weighted by molar-refractivity contribution is 8.14. The summed E-state index contributed by atoms with van der Waals surface area (Å²) in [5.41, 5.74) is 0. The molecule has 2 fully saturated rings. The molecule has 0 bridgehead atoms. The van der Waals surface area contributed by atoms with E-state index in [2.05, 4.69) is 19.1 Å². The minimum Gasteiger partial charge on any atom is -0.469 e. The number of carbonyl (C=O) groups excluding carboxylic acids is 3. The lowest BCUT2D eigenvalue weighted by Crippen LogP contribution is -2.33. The first-order valence-corrected chi connectivity index (χ1v) is 14.0. The summed E-state index contributed by atoms with van der Waals surface area (Å²) in [7, 11) is 1.40. The fraction of sp³-hybridized carbons (Fsp3) is 0.815. The SMILES string of the molecule is CCCCCC1(CC[C@@H]2C(C/C=C\CCCC(=O)OC)[C@@H](OC(C)=O)C[C@H]2SC(C)=O)OCCO1. The lowest BCUT2D eigenvalue weighted by molar-refractivity contribution is -0.171. The zero-order valence-corrected chi connectivity index (χ0v) is 22.7. The smallest absolute Gasteiger partial charge is 0.305 e. The van der Waals surface area contributed by atoms with E-state index in [4.69, 9.17) is 18.9 Å². The summed E-state index contributed by atoms with van der Waals surface area (Å²) in [6.07, 6.45) is 13.3. The van der Waals surface area contributed by atoms with Crippen molar-refractivity contribution in [2.45, 2.75) is 109 Å². The summed E-state index contributed by atoms with van der Waals surface area (Å²) in [5.74, 6) is -0.676. The second kappa shape index (κ2) is 15.7. The van der Waals surface area contributed by atoms with Crippen LogP contribution in [0.15, 0.2) is 12.2 Å². The molecule has 1 unspecified atom stereocenters. The molecule has 1 heterocycles. The van der Waals surface area contributed by atoms with E-state index in [1.165, 1.54) is 25.8 Å². The Balaban J connectivity index is 2.09. The van der Waals surface area contributed by atoms with Gasteiger partial charge >= 0.3 is 11.9 Å². The fourth-order valence-corrected chi connectivity index (χ4v) is 6.56. The van der Waals surface area contributed by atoms with Gasteiger partial charge in [0.15, 0.2) is 10.9 Å². The number of methoxy groups -OCH3 is 1. The third-order valence-electron chi connectivity index (χ3n) is 6.99. The molecule has 0 N–H and O–H groups in total. The van der Waals surface area contributed by atoms with Crippen molar-refractivity contribution in [2.24, 2.45) is 11.8 Å². The lowest BCUT2D eigenvalue weighted by Gasteiger charge is -2.32. The second-order valence-electron chi connectivity index (χ2n) is 9.64. The average Bonchev–Trinajstić information content (AvgIpc) is 3.39. The Bertz CT molecular complexity index is 702. The Hall–Kier alpha value is -1.38. The monoisotopic (exact) mass is 512 g/mol. The number of carbonyl (C=O) groups is 3. The third kappa shape index (κ3) is 10.3. The largest absolute Gasteiger partial charge is 0.469 e. The van der Waals surface area contributed by atoms with E-state index in [0.717, 1.165) is 57.8 Å². The Morgan fingerprint density at radius 1 is 1.03 bits per heavy atom. The van der Waals surface area contributed by atoms with Crippen molar-refractivity contribution < 1.29 is 33.3 Å². The molecular formula is C27H44O7S. The van der Waals surface area contributed by atoms with E-state index in [1.54, 1.807) is 6.92 Å². The highest BCUT2D eigenvalue weighted by Crippen LogP contribution is 2.47. The molecule has 7 nitrogen and oxygen atoms in total. The van der Waals surface area contributed by atoms with Crippen molar-refractivity contribution in [1.29, 1.82) is 0 Å². The van der Waals surface area contributed by atoms with Crippen molar-refractivity contribution >= 4 is 28.8 Å². The van der Waals surface area contributed by atoms with E-state index in [0.29, 0.717) is 26.1 Å². The zero-order valence-electron chi connectivity index (χ0n) is 21.9. The molecule has 200 valence electrons. The van der Waals surface area contributed by atoms with Gasteiger partial charge in [-0.2, -0.15) is 0 Å². The van der Waals surface area contributed by atoms with Crippen molar-refractivity contribution in [3.05, 3.63) is 12.2 Å². The van der Waals surface area contributed by atoms with Crippen LogP contribution < -0.4 is 0 Å². The summed E-state index contributed by atoms with van der Waals surface area (Å²) in [6, 6.07) is 0. The topological polar surface area (TPSA) is 88.1 Å². The normalized spacial score (nSPS) is 25.7. The van der Waals surface area contributed by atoms with E-state index in [-0.39, 0.29) is 40.2 Å². The first kappa shape index (κ1) is 29.8. The third-order valence-corrected chi connectivity index (χ3v) is 8.17. The first-order valence-electron chi connectivity index (χ1n) is 13.1. The van der Waals surface area contributed by atoms with E-state index in [1.807, 2.05) is 0 Å². The molecule has 0 aromatic carbocycles. The molecule has 0 aromatic heterocycles. The molecule has 8 heteroatoms. The summed E-state index contributed by atoms with van der Waals surface area (Å²) >= 11 is 1.37. The number of esters is 2. The highest BCUT2D eigenvalue weighted by atomic mass is 32.2. The van der Waals surface area contributed by atoms with Gasteiger partial charge in [-0.3, -0.25) is 14.4 Å². The van der Waals surface area contributed by atoms with E-state index in [9.17, 15) is 14.4 Å². The van der Waals surface area contributed by atoms with Crippen LogP contribution in [0.5, 0.6) is 0 Å². The van der Waals surface area contributed by atoms with Crippen molar-refractivity contribution in [2.75, 3.05) is 20.3 Å². The lowest BCUT2D eigenvalue weighted by atomic mass is 9.85. The predicted octanol–water partition coefficient (Wildman–Crippen LogP) is 5.60. The van der Waals surface area contributed by atoms with Crippen LogP contribution >= 0.6 is 11.8 Å². The number of rotatable bonds is 15. The molecule has 1 saturated carbocycles. The number of hydrogen-bond donors (Lipinski definition) is 0. The molecule has 0 spiro atoms. The fourth-order valence-electron chi connectivity index (χ4n) is 5.33. The van der Waals surface area contributed by atoms with Crippen LogP contribution in [0.2, 0.25) is 0 Å². The second-order valence-corrected chi connectivity index (χ2v) is 11.1. The summed E-state index contributed by atoms with van der Waals surface area (Å²) in [4.78, 5) is 35.2. The molecule has 2 aliphatic rings. The van der Waals surface area contributed by atoms with Gasteiger partial charge in [0.25, 0.3) is 0 Å². The molecule has 1 saturated heterocycles. The molecule has 4 atom stereocenters. The van der Waals surface area contributed by atoms with Crippen LogP contribution in [0, 0.1) is 11.8 Å². The van der Waals surface area contributed by atoms with E-state index < -0.39 is 5.79 Å². The van der Waals surface area contributed by atoms with Gasteiger partial charge in [-0.15, -0.1) is 0 Å². The zero-order chi connectivity index (χ0) is 25.7. The predicted molar refractivity (Wildman–Crippen MR) is 137 cm³/mol. The summed E-state index contributed by atoms with van der Waals surface area (Å²) in [6.45, 7) is 6.48. The van der Waals surface area contributed by atoms with Gasteiger partial charge in [0.2, 0.25) is 0 Å². The number of unbranched alkanes of at least 4 members (excludes halogenated alkanes) is 3. The van der Waals surface area contributed by atoms with Gasteiger partial charge in [-0.1, -0.05) is 43.7 Å². The Labute approximate surface area is 215 Å². The maximum Gasteiger partial charge on any atom is 0.305 e. The van der Waals surface area contributed by atoms with Crippen LogP contribution in [-0.4, -0.2) is 54.5 Å². The number of thioether (sulfide) groups is 1. The quantitative estimate of drug-likeness (QED) is 0.159. The van der Waals surface area contributed by atoms with Gasteiger partial charge in [-0.05, 0) is 44.4 Å². The van der Waals surface area contributed by atoms with Crippen LogP contribution in [0.4, 0.5) is 0 Å². The molecular weight excluding hydrogens is 468 g/mol. The van der Waals surface area contributed by atoms with Crippen LogP contribution in [0.3, 0.4) is 0 Å². The standard InChI is InChI=1S/C27H44O7S/c1-5-6-11-15-27(32-17-18-33-27)16-14-23-22(12-9-7-8-10-13-26(30)31-4)24(34-20(2)28)19-25(23)35-21(3)29/h7,9,22-25H,5-6,8,10-19H2,1-4H3/b9-7-/t22?,23-,24+,25-/m1/s1. The molecule has 1 aliphatic heterocycles. The Morgan fingerprint density at radius 3 is 2.40 bits per heavy atom.